The van der Waals surface area contributed by atoms with Gasteiger partial charge in [0.2, 0.25) is 5.91 Å². The van der Waals surface area contributed by atoms with Gasteiger partial charge in [-0.3, -0.25) is 4.79 Å². The third kappa shape index (κ3) is 1.59. The average molecular weight is 195 g/mol. The van der Waals surface area contributed by atoms with Gasteiger partial charge >= 0.3 is 0 Å². The summed E-state index contributed by atoms with van der Waals surface area (Å²) in [6.07, 6.45) is 0.870. The summed E-state index contributed by atoms with van der Waals surface area (Å²) < 4.78 is 20.4. The molecule has 0 spiro atoms. The smallest absolute Gasteiger partial charge is 0.241 e. The molecule has 0 aromatic heterocycles. The maximum absolute atomic E-state index is 11.1. The maximum atomic E-state index is 11.1. The molecule has 6 heteroatoms. The molecule has 0 fully saturated rings. The van der Waals surface area contributed by atoms with Crippen molar-refractivity contribution in [1.82, 2.24) is 0 Å². The minimum Gasteiger partial charge on any atom is -0.394 e. The second kappa shape index (κ2) is 3.40. The predicted octanol–water partition coefficient (Wildman–Crippen LogP) is -1.34. The highest BCUT2D eigenvalue weighted by Crippen LogP contribution is 2.19. The summed E-state index contributed by atoms with van der Waals surface area (Å²) in [6.45, 7) is 0.722. The molecule has 1 amide bonds. The molecule has 0 aliphatic carbocycles. The van der Waals surface area contributed by atoms with E-state index in [-0.39, 0.29) is 6.42 Å². The van der Waals surface area contributed by atoms with E-state index in [9.17, 15) is 13.2 Å². The van der Waals surface area contributed by atoms with Crippen molar-refractivity contribution in [3.05, 3.63) is 0 Å². The summed E-state index contributed by atoms with van der Waals surface area (Å²) in [4.78, 5) is 10.8. The molecule has 0 saturated carbocycles. The number of hydrogen-bond acceptors (Lipinski definition) is 4. The Bertz CT molecular complexity index is 265. The minimum absolute atomic E-state index is 0.0162. The molecule has 5 nitrogen and oxygen atoms in total. The van der Waals surface area contributed by atoms with Crippen LogP contribution in [0.2, 0.25) is 0 Å². The Kier molecular flexibility index (Phi) is 3.23. The first-order chi connectivity index (χ1) is 5.31. The van der Waals surface area contributed by atoms with Crippen LogP contribution in [0.3, 0.4) is 0 Å². The van der Waals surface area contributed by atoms with Crippen LogP contribution in [0.4, 0.5) is 0 Å². The number of aliphatic hydroxyl groups is 1. The highest BCUT2D eigenvalue weighted by molar-refractivity contribution is 7.92. The Balaban J connectivity index is 5.27. The Hall–Kier alpha value is -0.620. The Morgan fingerprint density at radius 3 is 2.00 bits per heavy atom. The second-order valence-corrected chi connectivity index (χ2v) is 4.97. The van der Waals surface area contributed by atoms with Crippen LogP contribution < -0.4 is 5.73 Å². The average Bonchev–Trinajstić information content (AvgIpc) is 1.87. The lowest BCUT2D eigenvalue weighted by atomic mass is 10.1. The molecule has 0 saturated heterocycles. The van der Waals surface area contributed by atoms with Gasteiger partial charge in [-0.2, -0.15) is 0 Å². The van der Waals surface area contributed by atoms with E-state index in [0.717, 1.165) is 6.26 Å². The second-order valence-electron chi connectivity index (χ2n) is 2.64. The van der Waals surface area contributed by atoms with E-state index in [4.69, 9.17) is 10.8 Å². The molecule has 0 rings (SSSR count). The number of primary amides is 1. The molecule has 0 radical (unpaired) electrons. The largest absolute Gasteiger partial charge is 0.394 e. The van der Waals surface area contributed by atoms with Crippen LogP contribution in [0.15, 0.2) is 0 Å². The van der Waals surface area contributed by atoms with E-state index in [2.05, 4.69) is 0 Å². The van der Waals surface area contributed by atoms with E-state index >= 15 is 0 Å². The van der Waals surface area contributed by atoms with Crippen molar-refractivity contribution in [3.63, 3.8) is 0 Å². The Morgan fingerprint density at radius 1 is 1.58 bits per heavy atom. The van der Waals surface area contributed by atoms with Crippen molar-refractivity contribution >= 4 is 15.7 Å². The van der Waals surface area contributed by atoms with E-state index in [1.165, 1.54) is 6.92 Å². The fourth-order valence-electron chi connectivity index (χ4n) is 0.926. The molecule has 3 N–H and O–H groups in total. The summed E-state index contributed by atoms with van der Waals surface area (Å²) >= 11 is 0. The van der Waals surface area contributed by atoms with Crippen LogP contribution in [-0.4, -0.2) is 37.0 Å². The fraction of sp³-hybridized carbons (Fsp3) is 0.833. The lowest BCUT2D eigenvalue weighted by Crippen LogP contribution is -2.52. The van der Waals surface area contributed by atoms with Gasteiger partial charge in [0.1, 0.15) is 0 Å². The normalized spacial score (nSPS) is 16.9. The summed E-state index contributed by atoms with van der Waals surface area (Å²) in [7, 11) is -3.65. The number of nitrogens with two attached hydrogens (primary N) is 1. The maximum Gasteiger partial charge on any atom is 0.241 e. The van der Waals surface area contributed by atoms with Crippen LogP contribution in [0.5, 0.6) is 0 Å². The lowest BCUT2D eigenvalue weighted by Gasteiger charge is -2.24. The monoisotopic (exact) mass is 195 g/mol. The number of aliphatic hydroxyl groups excluding tert-OH is 1. The highest BCUT2D eigenvalue weighted by atomic mass is 32.2. The van der Waals surface area contributed by atoms with Crippen LogP contribution in [0.1, 0.15) is 13.3 Å². The van der Waals surface area contributed by atoms with Gasteiger partial charge in [-0.1, -0.05) is 6.92 Å². The molecule has 72 valence electrons. The quantitative estimate of drug-likeness (QED) is 0.580. The van der Waals surface area contributed by atoms with E-state index in [1.807, 2.05) is 0 Å². The highest BCUT2D eigenvalue weighted by Gasteiger charge is 2.44. The number of carbonyl (C=O) groups is 1. The van der Waals surface area contributed by atoms with Crippen LogP contribution in [-0.2, 0) is 14.6 Å². The van der Waals surface area contributed by atoms with Gasteiger partial charge in [0.15, 0.2) is 14.6 Å². The molecule has 0 bridgehead atoms. The van der Waals surface area contributed by atoms with Gasteiger partial charge in [-0.15, -0.1) is 0 Å². The predicted molar refractivity (Wildman–Crippen MR) is 44.1 cm³/mol. The Labute approximate surface area is 71.5 Å². The molecule has 0 aromatic carbocycles. The molecule has 12 heavy (non-hydrogen) atoms. The van der Waals surface area contributed by atoms with Gasteiger partial charge in [0.25, 0.3) is 0 Å². The molecular weight excluding hydrogens is 182 g/mol. The van der Waals surface area contributed by atoms with Gasteiger partial charge in [-0.25, -0.2) is 8.42 Å². The van der Waals surface area contributed by atoms with E-state index < -0.39 is 27.1 Å². The van der Waals surface area contributed by atoms with Crippen LogP contribution in [0, 0.1) is 0 Å². The zero-order chi connectivity index (χ0) is 9.99. The number of sulfone groups is 1. The van der Waals surface area contributed by atoms with Gasteiger partial charge in [-0.05, 0) is 6.42 Å². The van der Waals surface area contributed by atoms with E-state index in [1.54, 1.807) is 0 Å². The summed E-state index contributed by atoms with van der Waals surface area (Å²) in [5, 5.41) is 8.80. The molecule has 0 aromatic rings. The zero-order valence-electron chi connectivity index (χ0n) is 7.07. The first kappa shape index (κ1) is 11.4. The van der Waals surface area contributed by atoms with Crippen molar-refractivity contribution in [2.24, 2.45) is 5.73 Å². The first-order valence-electron chi connectivity index (χ1n) is 3.42. The molecule has 1 atom stereocenters. The number of amides is 1. The third-order valence-corrected chi connectivity index (χ3v) is 4.02. The third-order valence-electron chi connectivity index (χ3n) is 1.99. The van der Waals surface area contributed by atoms with Crippen molar-refractivity contribution < 1.29 is 18.3 Å². The molecule has 0 aliphatic heterocycles. The first-order valence-corrected chi connectivity index (χ1v) is 5.31. The summed E-state index contributed by atoms with van der Waals surface area (Å²) in [6, 6.07) is 0. The number of rotatable bonds is 4. The van der Waals surface area contributed by atoms with Gasteiger partial charge in [0, 0.05) is 6.26 Å². The standard InChI is InChI=1S/C6H13NO4S/c1-3-6(4-8,5(7)9)12(2,10)11/h8H,3-4H2,1-2H3,(H2,7,9). The zero-order valence-corrected chi connectivity index (χ0v) is 7.89. The molecular formula is C6H13NO4S. The molecule has 0 aliphatic rings. The number of hydrogen-bond donors (Lipinski definition) is 2. The fourth-order valence-corrected chi connectivity index (χ4v) is 2.05. The number of carbonyl (C=O) groups excluding carboxylic acids is 1. The SMILES string of the molecule is CCC(CO)(C(N)=O)S(C)(=O)=O. The van der Waals surface area contributed by atoms with E-state index in [0.29, 0.717) is 0 Å². The van der Waals surface area contributed by atoms with Crippen molar-refractivity contribution in [2.45, 2.75) is 18.1 Å². The van der Waals surface area contributed by atoms with Crippen LogP contribution >= 0.6 is 0 Å². The molecule has 1 unspecified atom stereocenters. The summed E-state index contributed by atoms with van der Waals surface area (Å²) in [5.41, 5.74) is 4.90. The van der Waals surface area contributed by atoms with Crippen molar-refractivity contribution in [3.8, 4) is 0 Å². The minimum atomic E-state index is -3.65. The molecule has 0 heterocycles. The van der Waals surface area contributed by atoms with Gasteiger partial charge < -0.3 is 10.8 Å². The van der Waals surface area contributed by atoms with Crippen molar-refractivity contribution in [2.75, 3.05) is 12.9 Å². The lowest BCUT2D eigenvalue weighted by molar-refractivity contribution is -0.121. The van der Waals surface area contributed by atoms with Gasteiger partial charge in [0.05, 0.1) is 6.61 Å². The summed E-state index contributed by atoms with van der Waals surface area (Å²) in [5.74, 6) is -1.00. The van der Waals surface area contributed by atoms with Crippen molar-refractivity contribution in [1.29, 1.82) is 0 Å². The van der Waals surface area contributed by atoms with Crippen LogP contribution in [0.25, 0.3) is 0 Å². The Morgan fingerprint density at radius 2 is 2.00 bits per heavy atom. The topological polar surface area (TPSA) is 97.5 Å².